The van der Waals surface area contributed by atoms with Gasteiger partial charge < -0.3 is 20.1 Å². The second-order valence-corrected chi connectivity index (χ2v) is 5.55. The van der Waals surface area contributed by atoms with Crippen molar-refractivity contribution in [3.63, 3.8) is 0 Å². The molecule has 0 amide bonds. The number of ether oxygens (including phenoxy) is 2. The lowest BCUT2D eigenvalue weighted by molar-refractivity contribution is 0.0342. The van der Waals surface area contributed by atoms with Crippen LogP contribution < -0.4 is 10.6 Å². The van der Waals surface area contributed by atoms with Crippen LogP contribution in [-0.2, 0) is 22.6 Å². The molecule has 0 radical (unpaired) electrons. The number of halogens is 1. The molecule has 1 aromatic carbocycles. The van der Waals surface area contributed by atoms with Crippen molar-refractivity contribution < 1.29 is 9.47 Å². The van der Waals surface area contributed by atoms with E-state index in [0.29, 0.717) is 6.61 Å². The molecule has 1 saturated heterocycles. The number of guanidine groups is 1. The molecule has 0 atom stereocenters. The molecule has 1 fully saturated rings. The third-order valence-electron chi connectivity index (χ3n) is 3.78. The number of aliphatic imine (C=N–C) groups is 1. The van der Waals surface area contributed by atoms with Crippen LogP contribution in [0.4, 0.5) is 0 Å². The highest BCUT2D eigenvalue weighted by Gasteiger charge is 2.10. The summed E-state index contributed by atoms with van der Waals surface area (Å²) in [7, 11) is 3.47. The van der Waals surface area contributed by atoms with E-state index in [9.17, 15) is 0 Å². The molecule has 0 aromatic heterocycles. The molecule has 6 nitrogen and oxygen atoms in total. The summed E-state index contributed by atoms with van der Waals surface area (Å²) in [6.07, 6.45) is 0. The minimum absolute atomic E-state index is 0. The molecule has 2 rings (SSSR count). The van der Waals surface area contributed by atoms with E-state index in [4.69, 9.17) is 9.47 Å². The van der Waals surface area contributed by atoms with Crippen LogP contribution in [0.25, 0.3) is 0 Å². The average molecular weight is 448 g/mol. The van der Waals surface area contributed by atoms with Crippen molar-refractivity contribution in [2.24, 2.45) is 4.99 Å². The quantitative estimate of drug-likeness (QED) is 0.286. The number of hydrogen-bond acceptors (Lipinski definition) is 4. The summed E-state index contributed by atoms with van der Waals surface area (Å²) in [4.78, 5) is 6.64. The van der Waals surface area contributed by atoms with Crippen molar-refractivity contribution in [1.82, 2.24) is 15.5 Å². The summed E-state index contributed by atoms with van der Waals surface area (Å²) in [6, 6.07) is 8.70. The Morgan fingerprint density at radius 3 is 2.71 bits per heavy atom. The van der Waals surface area contributed by atoms with Crippen LogP contribution in [0.15, 0.2) is 29.3 Å². The average Bonchev–Trinajstić information content (AvgIpc) is 2.59. The van der Waals surface area contributed by atoms with Gasteiger partial charge in [0.2, 0.25) is 0 Å². The van der Waals surface area contributed by atoms with Crippen molar-refractivity contribution in [2.75, 3.05) is 53.6 Å². The number of morpholine rings is 1. The predicted molar refractivity (Wildman–Crippen MR) is 108 cm³/mol. The van der Waals surface area contributed by atoms with Crippen LogP contribution in [0, 0.1) is 0 Å². The van der Waals surface area contributed by atoms with Gasteiger partial charge in [0, 0.05) is 46.9 Å². The third kappa shape index (κ3) is 7.78. The minimum atomic E-state index is 0. The summed E-state index contributed by atoms with van der Waals surface area (Å²) in [6.45, 7) is 6.84. The van der Waals surface area contributed by atoms with Crippen LogP contribution in [0.3, 0.4) is 0 Å². The molecular weight excluding hydrogens is 419 g/mol. The molecular formula is C17H29IN4O2. The normalized spacial score (nSPS) is 15.7. The van der Waals surface area contributed by atoms with Gasteiger partial charge >= 0.3 is 0 Å². The number of benzene rings is 1. The second kappa shape index (κ2) is 12.5. The zero-order valence-corrected chi connectivity index (χ0v) is 16.9. The molecule has 1 aliphatic rings. The van der Waals surface area contributed by atoms with E-state index in [1.165, 1.54) is 11.1 Å². The number of methoxy groups -OCH3 is 1. The van der Waals surface area contributed by atoms with Crippen LogP contribution in [0.1, 0.15) is 11.1 Å². The Balaban J connectivity index is 0.00000288. The van der Waals surface area contributed by atoms with E-state index >= 15 is 0 Å². The number of rotatable bonds is 7. The summed E-state index contributed by atoms with van der Waals surface area (Å²) >= 11 is 0. The molecule has 2 N–H and O–H groups in total. The van der Waals surface area contributed by atoms with E-state index in [0.717, 1.165) is 51.9 Å². The van der Waals surface area contributed by atoms with E-state index in [2.05, 4.69) is 44.8 Å². The van der Waals surface area contributed by atoms with Gasteiger partial charge in [0.25, 0.3) is 0 Å². The maximum Gasteiger partial charge on any atom is 0.191 e. The Morgan fingerprint density at radius 2 is 2.00 bits per heavy atom. The summed E-state index contributed by atoms with van der Waals surface area (Å²) in [5.41, 5.74) is 2.60. The van der Waals surface area contributed by atoms with Gasteiger partial charge in [0.05, 0.1) is 19.8 Å². The van der Waals surface area contributed by atoms with Crippen molar-refractivity contribution in [2.45, 2.75) is 13.1 Å². The van der Waals surface area contributed by atoms with Gasteiger partial charge in [-0.15, -0.1) is 24.0 Å². The van der Waals surface area contributed by atoms with Gasteiger partial charge in [-0.25, -0.2) is 0 Å². The van der Waals surface area contributed by atoms with Gasteiger partial charge in [-0.1, -0.05) is 24.3 Å². The largest absolute Gasteiger partial charge is 0.383 e. The Bertz CT molecular complexity index is 493. The predicted octanol–water partition coefficient (Wildman–Crippen LogP) is 1.45. The van der Waals surface area contributed by atoms with Gasteiger partial charge in [-0.05, 0) is 11.1 Å². The highest BCUT2D eigenvalue weighted by Crippen LogP contribution is 2.10. The SMILES string of the molecule is CN=C(NCCOC)NCc1cccc(CN2CCOCC2)c1.I. The highest BCUT2D eigenvalue weighted by atomic mass is 127. The molecule has 0 spiro atoms. The fourth-order valence-electron chi connectivity index (χ4n) is 2.53. The van der Waals surface area contributed by atoms with Crippen LogP contribution >= 0.6 is 24.0 Å². The molecule has 136 valence electrons. The number of hydrogen-bond donors (Lipinski definition) is 2. The first-order valence-electron chi connectivity index (χ1n) is 8.13. The fraction of sp³-hybridized carbons (Fsp3) is 0.588. The number of nitrogens with one attached hydrogen (secondary N) is 2. The molecule has 0 aliphatic carbocycles. The van der Waals surface area contributed by atoms with Gasteiger partial charge in [-0.2, -0.15) is 0 Å². The Labute approximate surface area is 162 Å². The molecule has 0 unspecified atom stereocenters. The molecule has 24 heavy (non-hydrogen) atoms. The molecule has 1 aliphatic heterocycles. The highest BCUT2D eigenvalue weighted by molar-refractivity contribution is 14.0. The first-order chi connectivity index (χ1) is 11.3. The van der Waals surface area contributed by atoms with E-state index < -0.39 is 0 Å². The lowest BCUT2D eigenvalue weighted by Gasteiger charge is -2.26. The maximum atomic E-state index is 5.40. The molecule has 7 heteroatoms. The van der Waals surface area contributed by atoms with E-state index in [1.807, 2.05) is 0 Å². The van der Waals surface area contributed by atoms with E-state index in [1.54, 1.807) is 14.2 Å². The zero-order chi connectivity index (χ0) is 16.3. The zero-order valence-electron chi connectivity index (χ0n) is 14.6. The molecule has 1 heterocycles. The van der Waals surface area contributed by atoms with Crippen LogP contribution in [0.2, 0.25) is 0 Å². The first-order valence-corrected chi connectivity index (χ1v) is 8.13. The standard InChI is InChI=1S/C17H28N4O2.HI/c1-18-17(19-6-9-22-2)20-13-15-4-3-5-16(12-15)14-21-7-10-23-11-8-21;/h3-5,12H,6-11,13-14H2,1-2H3,(H2,18,19,20);1H. The Morgan fingerprint density at radius 1 is 1.25 bits per heavy atom. The fourth-order valence-corrected chi connectivity index (χ4v) is 2.53. The number of nitrogens with zero attached hydrogens (tertiary/aromatic N) is 2. The van der Waals surface area contributed by atoms with Gasteiger partial charge in [0.1, 0.15) is 0 Å². The monoisotopic (exact) mass is 448 g/mol. The summed E-state index contributed by atoms with van der Waals surface area (Å²) < 4.78 is 10.4. The van der Waals surface area contributed by atoms with Crippen molar-refractivity contribution in [3.8, 4) is 0 Å². The third-order valence-corrected chi connectivity index (χ3v) is 3.78. The lowest BCUT2D eigenvalue weighted by atomic mass is 10.1. The topological polar surface area (TPSA) is 58.1 Å². The summed E-state index contributed by atoms with van der Waals surface area (Å²) in [5.74, 6) is 0.792. The first kappa shape index (κ1) is 21.1. The van der Waals surface area contributed by atoms with Gasteiger partial charge in [0.15, 0.2) is 5.96 Å². The second-order valence-electron chi connectivity index (χ2n) is 5.55. The smallest absolute Gasteiger partial charge is 0.191 e. The van der Waals surface area contributed by atoms with Crippen molar-refractivity contribution in [1.29, 1.82) is 0 Å². The van der Waals surface area contributed by atoms with Crippen LogP contribution in [-0.4, -0.2) is 64.5 Å². The molecule has 1 aromatic rings. The molecule has 0 saturated carbocycles. The van der Waals surface area contributed by atoms with E-state index in [-0.39, 0.29) is 24.0 Å². The van der Waals surface area contributed by atoms with Crippen molar-refractivity contribution in [3.05, 3.63) is 35.4 Å². The Hall–Kier alpha value is -0.900. The lowest BCUT2D eigenvalue weighted by Crippen LogP contribution is -2.38. The van der Waals surface area contributed by atoms with Crippen LogP contribution in [0.5, 0.6) is 0 Å². The molecule has 0 bridgehead atoms. The van der Waals surface area contributed by atoms with Gasteiger partial charge in [-0.3, -0.25) is 9.89 Å². The van der Waals surface area contributed by atoms with Crippen molar-refractivity contribution >= 4 is 29.9 Å². The minimum Gasteiger partial charge on any atom is -0.383 e. The summed E-state index contributed by atoms with van der Waals surface area (Å²) in [5, 5.41) is 6.54. The maximum absolute atomic E-state index is 5.40. The Kier molecular flexibility index (Phi) is 11.0.